The molecule has 24 heavy (non-hydrogen) atoms. The molecule has 0 aromatic heterocycles. The van der Waals surface area contributed by atoms with Gasteiger partial charge in [-0.05, 0) is 54.4 Å². The molecule has 1 aliphatic heterocycles. The molecule has 5 heteroatoms. The van der Waals surface area contributed by atoms with Crippen LogP contribution in [0.2, 0.25) is 0 Å². The molecule has 0 spiro atoms. The van der Waals surface area contributed by atoms with Gasteiger partial charge in [0.2, 0.25) is 0 Å². The molecule has 124 valence electrons. The van der Waals surface area contributed by atoms with Crippen molar-refractivity contribution in [3.63, 3.8) is 0 Å². The van der Waals surface area contributed by atoms with Gasteiger partial charge in [0, 0.05) is 12.1 Å². The van der Waals surface area contributed by atoms with E-state index in [1.165, 1.54) is 19.3 Å². The van der Waals surface area contributed by atoms with Gasteiger partial charge >= 0.3 is 10.3 Å². The fourth-order valence-corrected chi connectivity index (χ4v) is 6.27. The van der Waals surface area contributed by atoms with Gasteiger partial charge in [0.1, 0.15) is 5.75 Å². The molecule has 3 aliphatic rings. The molecule has 3 fully saturated rings. The third-order valence-corrected chi connectivity index (χ3v) is 7.16. The van der Waals surface area contributed by atoms with Crippen molar-refractivity contribution in [2.45, 2.75) is 31.3 Å². The van der Waals surface area contributed by atoms with E-state index in [4.69, 9.17) is 4.18 Å². The largest absolute Gasteiger partial charge is 0.385 e. The summed E-state index contributed by atoms with van der Waals surface area (Å²) in [5.41, 5.74) is 2.14. The van der Waals surface area contributed by atoms with Crippen LogP contribution in [0.25, 0.3) is 11.1 Å². The third-order valence-electron chi connectivity index (χ3n) is 5.75. The van der Waals surface area contributed by atoms with E-state index in [0.29, 0.717) is 17.6 Å². The van der Waals surface area contributed by atoms with Crippen LogP contribution in [0, 0.1) is 11.8 Å². The van der Waals surface area contributed by atoms with E-state index in [9.17, 15) is 8.42 Å². The van der Waals surface area contributed by atoms with E-state index in [1.807, 2.05) is 42.5 Å². The van der Waals surface area contributed by atoms with Crippen LogP contribution in [0.1, 0.15) is 19.3 Å². The van der Waals surface area contributed by atoms with Crippen LogP contribution >= 0.6 is 0 Å². The average molecular weight is 341 g/mol. The number of hydrogen-bond acceptors (Lipinski definition) is 3. The second-order valence-corrected chi connectivity index (χ2v) is 8.52. The summed E-state index contributed by atoms with van der Waals surface area (Å²) < 4.78 is 32.1. The van der Waals surface area contributed by atoms with Crippen molar-refractivity contribution < 1.29 is 12.6 Å². The normalized spacial score (nSPS) is 33.2. The molecule has 3 unspecified atom stereocenters. The van der Waals surface area contributed by atoms with Gasteiger partial charge in [-0.2, -0.15) is 12.7 Å². The van der Waals surface area contributed by atoms with E-state index in [-0.39, 0.29) is 12.1 Å². The molecular weight excluding hydrogens is 322 g/mol. The predicted octanol–water partition coefficient (Wildman–Crippen LogP) is 3.46. The van der Waals surface area contributed by atoms with Crippen molar-refractivity contribution >= 4 is 10.3 Å². The van der Waals surface area contributed by atoms with E-state index in [2.05, 4.69) is 0 Å². The van der Waals surface area contributed by atoms with Gasteiger partial charge in [-0.25, -0.2) is 0 Å². The standard InChI is InChI=1S/C19H19NO3S/c21-24(22,20-18-15-6-7-16(12-15)19(18)20)23-17-10-8-14(9-11-17)13-4-2-1-3-5-13/h1-5,8-11,15-16,18-19H,6-7,12H2/t15?,16?,18-,19+,20?. The van der Waals surface area contributed by atoms with Crippen LogP contribution in [0.15, 0.2) is 54.6 Å². The average Bonchev–Trinajstić information content (AvgIpc) is 3.08. The summed E-state index contributed by atoms with van der Waals surface area (Å²) in [5, 5.41) is 0. The first-order chi connectivity index (χ1) is 11.6. The molecule has 0 amide bonds. The van der Waals surface area contributed by atoms with Crippen LogP contribution in [-0.2, 0) is 10.3 Å². The monoisotopic (exact) mass is 341 g/mol. The zero-order chi connectivity index (χ0) is 16.3. The van der Waals surface area contributed by atoms with Crippen molar-refractivity contribution in [3.05, 3.63) is 54.6 Å². The third kappa shape index (κ3) is 2.19. The molecule has 2 aliphatic carbocycles. The Morgan fingerprint density at radius 1 is 0.833 bits per heavy atom. The van der Waals surface area contributed by atoms with Gasteiger partial charge in [0.15, 0.2) is 0 Å². The molecule has 0 N–H and O–H groups in total. The van der Waals surface area contributed by atoms with E-state index >= 15 is 0 Å². The summed E-state index contributed by atoms with van der Waals surface area (Å²) in [7, 11) is -3.67. The van der Waals surface area contributed by atoms with Crippen molar-refractivity contribution in [3.8, 4) is 16.9 Å². The lowest BCUT2D eigenvalue weighted by molar-refractivity contribution is 0.395. The lowest BCUT2D eigenvalue weighted by Crippen LogP contribution is -2.25. The van der Waals surface area contributed by atoms with Gasteiger partial charge in [0.05, 0.1) is 0 Å². The maximum Gasteiger partial charge on any atom is 0.385 e. The summed E-state index contributed by atoms with van der Waals surface area (Å²) in [4.78, 5) is 0. The molecule has 2 aromatic rings. The minimum Gasteiger partial charge on any atom is -0.371 e. The molecule has 2 bridgehead atoms. The Kier molecular flexibility index (Phi) is 3.06. The maximum atomic E-state index is 12.6. The smallest absolute Gasteiger partial charge is 0.371 e. The van der Waals surface area contributed by atoms with Crippen LogP contribution in [0.5, 0.6) is 5.75 Å². The Labute approximate surface area is 142 Å². The summed E-state index contributed by atoms with van der Waals surface area (Å²) in [5.74, 6) is 1.49. The lowest BCUT2D eigenvalue weighted by atomic mass is 10.0. The fraction of sp³-hybridized carbons (Fsp3) is 0.368. The molecule has 2 saturated carbocycles. The van der Waals surface area contributed by atoms with Crippen LogP contribution < -0.4 is 4.18 Å². The maximum absolute atomic E-state index is 12.6. The molecule has 4 nitrogen and oxygen atoms in total. The van der Waals surface area contributed by atoms with Gasteiger partial charge in [-0.15, -0.1) is 0 Å². The lowest BCUT2D eigenvalue weighted by Gasteiger charge is -2.13. The molecule has 1 heterocycles. The second kappa shape index (κ2) is 5.07. The summed E-state index contributed by atoms with van der Waals surface area (Å²) >= 11 is 0. The van der Waals surface area contributed by atoms with E-state index in [0.717, 1.165) is 11.1 Å². The van der Waals surface area contributed by atoms with E-state index < -0.39 is 10.3 Å². The molecule has 5 atom stereocenters. The number of nitrogens with zero attached hydrogens (tertiary/aromatic N) is 1. The molecule has 2 aromatic carbocycles. The highest BCUT2D eigenvalue weighted by molar-refractivity contribution is 7.85. The predicted molar refractivity (Wildman–Crippen MR) is 91.7 cm³/mol. The van der Waals surface area contributed by atoms with Gasteiger partial charge in [0.25, 0.3) is 0 Å². The van der Waals surface area contributed by atoms with E-state index in [1.54, 1.807) is 16.4 Å². The highest BCUT2D eigenvalue weighted by Crippen LogP contribution is 2.59. The van der Waals surface area contributed by atoms with Crippen LogP contribution in [-0.4, -0.2) is 24.8 Å². The van der Waals surface area contributed by atoms with Crippen molar-refractivity contribution in [1.29, 1.82) is 0 Å². The number of fused-ring (bicyclic) bond motifs is 5. The highest BCUT2D eigenvalue weighted by atomic mass is 32.2. The van der Waals surface area contributed by atoms with Gasteiger partial charge < -0.3 is 4.18 Å². The molecule has 5 rings (SSSR count). The first kappa shape index (κ1) is 14.5. The zero-order valence-corrected chi connectivity index (χ0v) is 14.0. The number of piperidine rings is 1. The SMILES string of the molecule is O=S(=O)(Oc1ccc(-c2ccccc2)cc1)N1[C@@H]2C3CCC(C3)[C@@H]21. The first-order valence-corrected chi connectivity index (χ1v) is 9.88. The Morgan fingerprint density at radius 2 is 1.42 bits per heavy atom. The zero-order valence-electron chi connectivity index (χ0n) is 13.2. The van der Waals surface area contributed by atoms with Crippen LogP contribution in [0.4, 0.5) is 0 Å². The number of benzene rings is 2. The topological polar surface area (TPSA) is 46.4 Å². The quantitative estimate of drug-likeness (QED) is 0.800. The molecule has 1 saturated heterocycles. The summed E-state index contributed by atoms with van der Waals surface area (Å²) in [6.07, 6.45) is 3.54. The van der Waals surface area contributed by atoms with Gasteiger partial charge in [-0.1, -0.05) is 42.5 Å². The highest BCUT2D eigenvalue weighted by Gasteiger charge is 2.69. The Bertz CT molecular complexity index is 847. The summed E-state index contributed by atoms with van der Waals surface area (Å²) in [6.45, 7) is 0. The fourth-order valence-electron chi connectivity index (χ4n) is 4.69. The van der Waals surface area contributed by atoms with Crippen LogP contribution in [0.3, 0.4) is 0 Å². The molecule has 0 radical (unpaired) electrons. The Hall–Kier alpha value is -1.85. The Balaban J connectivity index is 1.33. The molecular formula is C19H19NO3S. The minimum atomic E-state index is -3.67. The van der Waals surface area contributed by atoms with Crippen molar-refractivity contribution in [1.82, 2.24) is 4.31 Å². The minimum absolute atomic E-state index is 0.206. The number of hydrogen-bond donors (Lipinski definition) is 0. The van der Waals surface area contributed by atoms with Crippen molar-refractivity contribution in [2.24, 2.45) is 11.8 Å². The second-order valence-electron chi connectivity index (χ2n) is 7.08. The first-order valence-electron chi connectivity index (χ1n) is 8.52. The van der Waals surface area contributed by atoms with Gasteiger partial charge in [-0.3, -0.25) is 0 Å². The summed E-state index contributed by atoms with van der Waals surface area (Å²) in [6, 6.07) is 17.7. The number of rotatable bonds is 4. The Morgan fingerprint density at radius 3 is 2.04 bits per heavy atom. The van der Waals surface area contributed by atoms with Crippen molar-refractivity contribution in [2.75, 3.05) is 0 Å².